The lowest BCUT2D eigenvalue weighted by molar-refractivity contribution is -0.131. The van der Waals surface area contributed by atoms with Gasteiger partial charge in [-0.15, -0.1) is 0 Å². The number of ether oxygens (including phenoxy) is 1. The number of esters is 1. The Morgan fingerprint density at radius 3 is 2.32 bits per heavy atom. The number of hydrogen-bond donors (Lipinski definition) is 1. The van der Waals surface area contributed by atoms with Gasteiger partial charge in [-0.05, 0) is 35.4 Å². The molecule has 0 amide bonds. The molecule has 0 aliphatic carbocycles. The third-order valence-corrected chi connectivity index (χ3v) is 3.17. The molecule has 112 valence electrons. The fourth-order valence-corrected chi connectivity index (χ4v) is 2.03. The molecule has 0 spiro atoms. The molecule has 0 aliphatic rings. The minimum absolute atomic E-state index is 0.237. The van der Waals surface area contributed by atoms with Gasteiger partial charge in [0, 0.05) is 13.0 Å². The van der Waals surface area contributed by atoms with Gasteiger partial charge in [0.25, 0.3) is 0 Å². The summed E-state index contributed by atoms with van der Waals surface area (Å²) in [4.78, 5) is 21.6. The highest BCUT2D eigenvalue weighted by Crippen LogP contribution is 2.24. The minimum atomic E-state index is -0.959. The average Bonchev–Trinajstić information content (AvgIpc) is 2.46. The van der Waals surface area contributed by atoms with Gasteiger partial charge in [0.15, 0.2) is 0 Å². The quantitative estimate of drug-likeness (QED) is 0.523. The summed E-state index contributed by atoms with van der Waals surface area (Å²) in [6, 6.07) is 11.4. The molecule has 1 N–H and O–H groups in total. The maximum atomic E-state index is 10.9. The first-order valence-corrected chi connectivity index (χ1v) is 6.83. The van der Waals surface area contributed by atoms with Crippen molar-refractivity contribution in [3.8, 4) is 5.75 Å². The topological polar surface area (TPSA) is 63.6 Å². The minimum Gasteiger partial charge on any atom is -0.478 e. The van der Waals surface area contributed by atoms with Crippen LogP contribution in [-0.4, -0.2) is 17.0 Å². The Morgan fingerprint density at radius 1 is 1.09 bits per heavy atom. The van der Waals surface area contributed by atoms with E-state index in [4.69, 9.17) is 21.4 Å². The SMILES string of the molecule is CC(=O)Oc1ccc(C=Cc2ccc(C(=O)O)cc2)c(Cl)c1. The highest BCUT2D eigenvalue weighted by molar-refractivity contribution is 6.32. The van der Waals surface area contributed by atoms with Crippen molar-refractivity contribution < 1.29 is 19.4 Å². The summed E-state index contributed by atoms with van der Waals surface area (Å²) in [5.74, 6) is -0.974. The van der Waals surface area contributed by atoms with Crippen LogP contribution in [0.3, 0.4) is 0 Å². The second-order valence-corrected chi connectivity index (χ2v) is 4.94. The molecule has 0 aliphatic heterocycles. The Morgan fingerprint density at radius 2 is 1.77 bits per heavy atom. The van der Waals surface area contributed by atoms with E-state index in [2.05, 4.69) is 0 Å². The monoisotopic (exact) mass is 316 g/mol. The van der Waals surface area contributed by atoms with Crippen molar-refractivity contribution in [1.29, 1.82) is 0 Å². The molecule has 0 saturated carbocycles. The fourth-order valence-electron chi connectivity index (χ4n) is 1.80. The number of benzene rings is 2. The summed E-state index contributed by atoms with van der Waals surface area (Å²) < 4.78 is 4.95. The van der Waals surface area contributed by atoms with Gasteiger partial charge in [-0.25, -0.2) is 4.79 Å². The van der Waals surface area contributed by atoms with Gasteiger partial charge in [0.2, 0.25) is 0 Å². The largest absolute Gasteiger partial charge is 0.478 e. The summed E-state index contributed by atoms with van der Waals surface area (Å²) in [5.41, 5.74) is 1.85. The van der Waals surface area contributed by atoms with Gasteiger partial charge in [-0.2, -0.15) is 0 Å². The number of aromatic carboxylic acids is 1. The van der Waals surface area contributed by atoms with Crippen LogP contribution in [0.4, 0.5) is 0 Å². The van der Waals surface area contributed by atoms with Crippen LogP contribution in [0.5, 0.6) is 5.75 Å². The van der Waals surface area contributed by atoms with E-state index in [-0.39, 0.29) is 5.56 Å². The van der Waals surface area contributed by atoms with Crippen LogP contribution in [0.25, 0.3) is 12.2 Å². The number of carbonyl (C=O) groups is 2. The van der Waals surface area contributed by atoms with Crippen LogP contribution in [-0.2, 0) is 4.79 Å². The molecule has 0 radical (unpaired) electrons. The highest BCUT2D eigenvalue weighted by Gasteiger charge is 2.03. The van der Waals surface area contributed by atoms with Crippen molar-refractivity contribution in [2.24, 2.45) is 0 Å². The lowest BCUT2D eigenvalue weighted by atomic mass is 10.1. The van der Waals surface area contributed by atoms with Gasteiger partial charge in [-0.3, -0.25) is 4.79 Å². The molecule has 4 nitrogen and oxygen atoms in total. The number of carbonyl (C=O) groups excluding carboxylic acids is 1. The Labute approximate surface area is 132 Å². The van der Waals surface area contributed by atoms with E-state index >= 15 is 0 Å². The first kappa shape index (κ1) is 15.8. The van der Waals surface area contributed by atoms with Crippen LogP contribution in [0.2, 0.25) is 5.02 Å². The molecular formula is C17H13ClO4. The summed E-state index contributed by atoms with van der Waals surface area (Å²) in [6.45, 7) is 1.32. The molecule has 0 heterocycles. The second-order valence-electron chi connectivity index (χ2n) is 4.54. The Balaban J connectivity index is 2.15. The van der Waals surface area contributed by atoms with E-state index in [1.807, 2.05) is 6.08 Å². The van der Waals surface area contributed by atoms with E-state index in [9.17, 15) is 9.59 Å². The van der Waals surface area contributed by atoms with Crippen LogP contribution in [0, 0.1) is 0 Å². The van der Waals surface area contributed by atoms with Crippen molar-refractivity contribution in [3.63, 3.8) is 0 Å². The van der Waals surface area contributed by atoms with E-state index in [1.54, 1.807) is 36.4 Å². The second kappa shape index (κ2) is 6.91. The Bertz CT molecular complexity index is 733. The molecule has 2 aromatic rings. The lowest BCUT2D eigenvalue weighted by Gasteiger charge is -2.04. The normalized spacial score (nSPS) is 10.6. The number of rotatable bonds is 4. The highest BCUT2D eigenvalue weighted by atomic mass is 35.5. The molecule has 0 aromatic heterocycles. The predicted molar refractivity (Wildman–Crippen MR) is 85.1 cm³/mol. The first-order valence-electron chi connectivity index (χ1n) is 6.45. The molecule has 0 bridgehead atoms. The molecule has 0 atom stereocenters. The third kappa shape index (κ3) is 4.20. The van der Waals surface area contributed by atoms with Crippen molar-refractivity contribution >= 4 is 35.7 Å². The zero-order valence-electron chi connectivity index (χ0n) is 11.7. The number of hydrogen-bond acceptors (Lipinski definition) is 3. The third-order valence-electron chi connectivity index (χ3n) is 2.85. The van der Waals surface area contributed by atoms with Gasteiger partial charge < -0.3 is 9.84 Å². The zero-order chi connectivity index (χ0) is 16.1. The van der Waals surface area contributed by atoms with Gasteiger partial charge in [-0.1, -0.05) is 35.9 Å². The molecule has 0 unspecified atom stereocenters. The number of carboxylic acids is 1. The number of halogens is 1. The van der Waals surface area contributed by atoms with Crippen LogP contribution >= 0.6 is 11.6 Å². The number of carboxylic acid groups (broad SMARTS) is 1. The summed E-state index contributed by atoms with van der Waals surface area (Å²) in [6.07, 6.45) is 3.62. The van der Waals surface area contributed by atoms with Gasteiger partial charge in [0.05, 0.1) is 10.6 Å². The standard InChI is InChI=1S/C17H13ClO4/c1-11(19)22-15-9-8-13(16(18)10-15)5-2-12-3-6-14(7-4-12)17(20)21/h2-10H,1H3,(H,20,21). The molecule has 0 saturated heterocycles. The maximum absolute atomic E-state index is 10.9. The van der Waals surface area contributed by atoms with Crippen molar-refractivity contribution in [1.82, 2.24) is 0 Å². The Hall–Kier alpha value is -2.59. The fraction of sp³-hybridized carbons (Fsp3) is 0.0588. The molecule has 22 heavy (non-hydrogen) atoms. The van der Waals surface area contributed by atoms with Crippen LogP contribution in [0.15, 0.2) is 42.5 Å². The van der Waals surface area contributed by atoms with Crippen LogP contribution in [0.1, 0.15) is 28.4 Å². The summed E-state index contributed by atoms with van der Waals surface area (Å²) in [7, 11) is 0. The van der Waals surface area contributed by atoms with Gasteiger partial charge >= 0.3 is 11.9 Å². The maximum Gasteiger partial charge on any atom is 0.335 e. The first-order chi connectivity index (χ1) is 10.5. The molecule has 5 heteroatoms. The van der Waals surface area contributed by atoms with Crippen LogP contribution < -0.4 is 4.74 Å². The van der Waals surface area contributed by atoms with E-state index < -0.39 is 11.9 Å². The zero-order valence-corrected chi connectivity index (χ0v) is 12.5. The predicted octanol–water partition coefficient (Wildman–Crippen LogP) is 4.13. The smallest absolute Gasteiger partial charge is 0.335 e. The van der Waals surface area contributed by atoms with Crippen molar-refractivity contribution in [3.05, 3.63) is 64.2 Å². The molecular weight excluding hydrogens is 304 g/mol. The Kier molecular flexibility index (Phi) is 4.96. The average molecular weight is 317 g/mol. The van der Waals surface area contributed by atoms with Crippen molar-refractivity contribution in [2.75, 3.05) is 0 Å². The van der Waals surface area contributed by atoms with E-state index in [0.29, 0.717) is 10.8 Å². The van der Waals surface area contributed by atoms with Gasteiger partial charge in [0.1, 0.15) is 5.75 Å². The summed E-state index contributed by atoms with van der Waals surface area (Å²) in [5, 5.41) is 9.29. The van der Waals surface area contributed by atoms with E-state index in [0.717, 1.165) is 11.1 Å². The summed E-state index contributed by atoms with van der Waals surface area (Å²) >= 11 is 6.13. The molecule has 2 rings (SSSR count). The lowest BCUT2D eigenvalue weighted by Crippen LogP contribution is -2.01. The van der Waals surface area contributed by atoms with E-state index in [1.165, 1.54) is 19.1 Å². The molecule has 0 fully saturated rings. The molecule has 2 aromatic carbocycles. The van der Waals surface area contributed by atoms with Crippen molar-refractivity contribution in [2.45, 2.75) is 6.92 Å².